The third-order valence-electron chi connectivity index (χ3n) is 5.23. The maximum atomic E-state index is 13.3. The molecule has 2 aliphatic carbocycles. The van der Waals surface area contributed by atoms with E-state index in [1.165, 1.54) is 5.56 Å². The average molecular weight is 344 g/mol. The summed E-state index contributed by atoms with van der Waals surface area (Å²) in [5.74, 6) is -3.13. The summed E-state index contributed by atoms with van der Waals surface area (Å²) in [6, 6.07) is 12.2. The van der Waals surface area contributed by atoms with E-state index in [1.54, 1.807) is 0 Å². The van der Waals surface area contributed by atoms with Crippen LogP contribution in [0.2, 0.25) is 0 Å². The van der Waals surface area contributed by atoms with E-state index in [9.17, 15) is 13.2 Å². The van der Waals surface area contributed by atoms with Gasteiger partial charge in [0.25, 0.3) is 0 Å². The van der Waals surface area contributed by atoms with Crippen molar-refractivity contribution in [3.05, 3.63) is 77.1 Å². The molecule has 2 aromatic carbocycles. The van der Waals surface area contributed by atoms with E-state index in [0.29, 0.717) is 18.1 Å². The van der Waals surface area contributed by atoms with Gasteiger partial charge in [0, 0.05) is 6.61 Å². The summed E-state index contributed by atoms with van der Waals surface area (Å²) in [4.78, 5) is 0. The van der Waals surface area contributed by atoms with Gasteiger partial charge >= 0.3 is 0 Å². The molecule has 0 atom stereocenters. The van der Waals surface area contributed by atoms with Gasteiger partial charge in [0.05, 0.1) is 6.61 Å². The fourth-order valence-electron chi connectivity index (χ4n) is 4.03. The minimum Gasteiger partial charge on any atom is -0.376 e. The predicted molar refractivity (Wildman–Crippen MR) is 90.2 cm³/mol. The number of hydrogen-bond acceptors (Lipinski definition) is 1. The van der Waals surface area contributed by atoms with E-state index in [2.05, 4.69) is 6.08 Å². The molecule has 2 aromatic rings. The molecule has 2 aliphatic rings. The zero-order valence-corrected chi connectivity index (χ0v) is 13.8. The number of rotatable bonds is 5. The largest absolute Gasteiger partial charge is 0.376 e. The maximum absolute atomic E-state index is 13.3. The van der Waals surface area contributed by atoms with E-state index in [-0.39, 0.29) is 5.41 Å². The molecule has 0 unspecified atom stereocenters. The monoisotopic (exact) mass is 344 g/mol. The first-order valence-corrected chi connectivity index (χ1v) is 8.53. The lowest BCUT2D eigenvalue weighted by Crippen LogP contribution is -2.42. The fraction of sp³-hybridized carbons (Fsp3) is 0.333. The molecule has 0 aromatic heterocycles. The van der Waals surface area contributed by atoms with Crippen molar-refractivity contribution in [1.29, 1.82) is 0 Å². The van der Waals surface area contributed by atoms with Crippen molar-refractivity contribution in [3.8, 4) is 0 Å². The quantitative estimate of drug-likeness (QED) is 0.651. The molecule has 0 N–H and O–H groups in total. The summed E-state index contributed by atoms with van der Waals surface area (Å²) in [5.41, 5.74) is 2.67. The second kappa shape index (κ2) is 6.34. The zero-order valence-electron chi connectivity index (χ0n) is 13.8. The highest BCUT2D eigenvalue weighted by Gasteiger charge is 2.48. The minimum atomic E-state index is -1.40. The van der Waals surface area contributed by atoms with Crippen molar-refractivity contribution in [2.24, 2.45) is 11.3 Å². The fourth-order valence-corrected chi connectivity index (χ4v) is 4.03. The van der Waals surface area contributed by atoms with E-state index in [4.69, 9.17) is 4.74 Å². The topological polar surface area (TPSA) is 9.23 Å². The van der Waals surface area contributed by atoms with Crippen LogP contribution in [0.5, 0.6) is 0 Å². The maximum Gasteiger partial charge on any atom is 0.194 e. The first kappa shape index (κ1) is 16.4. The molecule has 1 spiro atoms. The normalized spacial score (nSPS) is 24.6. The van der Waals surface area contributed by atoms with Crippen molar-refractivity contribution in [2.45, 2.75) is 25.9 Å². The molecular formula is C21H19F3O. The Bertz CT molecular complexity index is 784. The third kappa shape index (κ3) is 3.23. The molecular weight excluding hydrogens is 325 g/mol. The van der Waals surface area contributed by atoms with Crippen LogP contribution in [0.25, 0.3) is 5.57 Å². The van der Waals surface area contributed by atoms with Gasteiger partial charge in [-0.2, -0.15) is 0 Å². The third-order valence-corrected chi connectivity index (χ3v) is 5.23. The van der Waals surface area contributed by atoms with Gasteiger partial charge in [-0.25, -0.2) is 13.2 Å². The van der Waals surface area contributed by atoms with Crippen molar-refractivity contribution in [2.75, 3.05) is 6.61 Å². The number of halogens is 3. The Morgan fingerprint density at radius 2 is 1.64 bits per heavy atom. The number of allylic oxidation sites excluding steroid dienone is 2. The van der Waals surface area contributed by atoms with Crippen LogP contribution in [0.15, 0.2) is 48.5 Å². The van der Waals surface area contributed by atoms with Gasteiger partial charge in [-0.3, -0.25) is 0 Å². The van der Waals surface area contributed by atoms with E-state index in [1.807, 2.05) is 30.3 Å². The molecule has 0 amide bonds. The van der Waals surface area contributed by atoms with Crippen LogP contribution in [-0.2, 0) is 11.3 Å². The van der Waals surface area contributed by atoms with Crippen molar-refractivity contribution in [3.63, 3.8) is 0 Å². The van der Waals surface area contributed by atoms with Gasteiger partial charge in [0.15, 0.2) is 17.5 Å². The van der Waals surface area contributed by atoms with Crippen LogP contribution in [0.1, 0.15) is 30.4 Å². The molecule has 4 rings (SSSR count). The van der Waals surface area contributed by atoms with Gasteiger partial charge in [-0.1, -0.05) is 36.4 Å². The Kier molecular flexibility index (Phi) is 4.16. The molecule has 1 saturated carbocycles. The molecule has 1 nitrogen and oxygen atoms in total. The van der Waals surface area contributed by atoms with Crippen LogP contribution >= 0.6 is 0 Å². The SMILES string of the molecule is Fc1cc(C2=CC3(C2)CC(COCc2ccccc2)C3)cc(F)c1F. The van der Waals surface area contributed by atoms with Gasteiger partial charge in [-0.05, 0) is 59.4 Å². The van der Waals surface area contributed by atoms with E-state index >= 15 is 0 Å². The van der Waals surface area contributed by atoms with Crippen LogP contribution < -0.4 is 0 Å². The Balaban J connectivity index is 1.28. The second-order valence-corrected chi connectivity index (χ2v) is 7.24. The van der Waals surface area contributed by atoms with Gasteiger partial charge < -0.3 is 4.74 Å². The molecule has 0 radical (unpaired) electrons. The number of benzene rings is 2. The lowest BCUT2D eigenvalue weighted by molar-refractivity contribution is 0.00212. The Labute approximate surface area is 145 Å². The van der Waals surface area contributed by atoms with Gasteiger partial charge in [0.1, 0.15) is 0 Å². The summed E-state index contributed by atoms with van der Waals surface area (Å²) in [6.07, 6.45) is 4.97. The summed E-state index contributed by atoms with van der Waals surface area (Å²) >= 11 is 0. The van der Waals surface area contributed by atoms with E-state index < -0.39 is 17.5 Å². The highest BCUT2D eigenvalue weighted by Crippen LogP contribution is 2.59. The van der Waals surface area contributed by atoms with E-state index in [0.717, 1.165) is 43.6 Å². The van der Waals surface area contributed by atoms with Crippen molar-refractivity contribution < 1.29 is 17.9 Å². The first-order valence-electron chi connectivity index (χ1n) is 8.53. The Hall–Kier alpha value is -2.07. The molecule has 0 heterocycles. The summed E-state index contributed by atoms with van der Waals surface area (Å²) in [7, 11) is 0. The first-order chi connectivity index (χ1) is 12.0. The predicted octanol–water partition coefficient (Wildman–Crippen LogP) is 5.50. The van der Waals surface area contributed by atoms with Crippen LogP contribution in [0.4, 0.5) is 13.2 Å². The van der Waals surface area contributed by atoms with Gasteiger partial charge in [0.2, 0.25) is 0 Å². The van der Waals surface area contributed by atoms with Crippen molar-refractivity contribution >= 4 is 5.57 Å². The van der Waals surface area contributed by atoms with Gasteiger partial charge in [-0.15, -0.1) is 0 Å². The molecule has 0 bridgehead atoms. The average Bonchev–Trinajstić information content (AvgIpc) is 2.53. The number of ether oxygens (including phenoxy) is 1. The minimum absolute atomic E-state index is 0.150. The molecule has 25 heavy (non-hydrogen) atoms. The van der Waals surface area contributed by atoms with Crippen molar-refractivity contribution in [1.82, 2.24) is 0 Å². The Morgan fingerprint density at radius 1 is 1.00 bits per heavy atom. The molecule has 0 saturated heterocycles. The molecule has 0 aliphatic heterocycles. The number of hydrogen-bond donors (Lipinski definition) is 0. The Morgan fingerprint density at radius 3 is 2.28 bits per heavy atom. The smallest absolute Gasteiger partial charge is 0.194 e. The van der Waals surface area contributed by atoms with Crippen LogP contribution in [0, 0.1) is 28.8 Å². The highest BCUT2D eigenvalue weighted by molar-refractivity contribution is 5.73. The molecule has 4 heteroatoms. The molecule has 1 fully saturated rings. The summed E-state index contributed by atoms with van der Waals surface area (Å²) in [5, 5.41) is 0. The molecule has 130 valence electrons. The lowest BCUT2D eigenvalue weighted by atomic mass is 9.53. The lowest BCUT2D eigenvalue weighted by Gasteiger charge is -2.52. The highest BCUT2D eigenvalue weighted by atomic mass is 19.2. The second-order valence-electron chi connectivity index (χ2n) is 7.24. The zero-order chi connectivity index (χ0) is 17.4. The standard InChI is InChI=1S/C21H19F3O/c22-18-6-16(7-19(23)20(18)24)17-10-21(11-17)8-15(9-21)13-25-12-14-4-2-1-3-5-14/h1-7,10,15H,8-9,11-13H2. The summed E-state index contributed by atoms with van der Waals surface area (Å²) < 4.78 is 45.5. The van der Waals surface area contributed by atoms with Crippen LogP contribution in [0.3, 0.4) is 0 Å². The van der Waals surface area contributed by atoms with Crippen LogP contribution in [-0.4, -0.2) is 6.61 Å². The summed E-state index contributed by atoms with van der Waals surface area (Å²) in [6.45, 7) is 1.36.